The predicted molar refractivity (Wildman–Crippen MR) is 107 cm³/mol. The summed E-state index contributed by atoms with van der Waals surface area (Å²) in [4.78, 5) is 48.7. The monoisotopic (exact) mass is 416 g/mol. The Morgan fingerprint density at radius 1 is 1.10 bits per heavy atom. The molecule has 2 amide bonds. The zero-order valence-corrected chi connectivity index (χ0v) is 16.8. The van der Waals surface area contributed by atoms with E-state index in [0.29, 0.717) is 16.3 Å². The highest BCUT2D eigenvalue weighted by Crippen LogP contribution is 2.39. The third-order valence-electron chi connectivity index (χ3n) is 4.32. The van der Waals surface area contributed by atoms with Crippen LogP contribution in [0.1, 0.15) is 44.5 Å². The van der Waals surface area contributed by atoms with Gasteiger partial charge in [-0.05, 0) is 43.0 Å². The molecule has 0 spiro atoms. The molecule has 1 aliphatic rings. The summed E-state index contributed by atoms with van der Waals surface area (Å²) in [7, 11) is 1.30. The van der Waals surface area contributed by atoms with Crippen molar-refractivity contribution < 1.29 is 28.7 Å². The molecule has 0 fully saturated rings. The quantitative estimate of drug-likeness (QED) is 0.701. The minimum Gasteiger partial charge on any atom is -0.465 e. The molecule has 1 aromatic carbocycles. The van der Waals surface area contributed by atoms with Crippen LogP contribution in [-0.2, 0) is 31.9 Å². The van der Waals surface area contributed by atoms with E-state index in [0.717, 1.165) is 29.7 Å². The molecule has 0 atom stereocenters. The van der Waals surface area contributed by atoms with Gasteiger partial charge in [0.2, 0.25) is 5.91 Å². The number of aryl methyl sites for hydroxylation is 1. The van der Waals surface area contributed by atoms with Crippen LogP contribution in [0, 0.1) is 0 Å². The lowest BCUT2D eigenvalue weighted by molar-refractivity contribution is -0.119. The molecule has 0 saturated carbocycles. The second-order valence-corrected chi connectivity index (χ2v) is 7.54. The van der Waals surface area contributed by atoms with E-state index in [1.165, 1.54) is 37.5 Å². The SMILES string of the molecule is COC(=O)c1c(NC(=O)COC(=O)c2cccc(NC(C)=O)c2)sc2c1CCC2. The van der Waals surface area contributed by atoms with Gasteiger partial charge in [0.15, 0.2) is 6.61 Å². The van der Waals surface area contributed by atoms with E-state index in [1.807, 2.05) is 0 Å². The molecule has 2 N–H and O–H groups in total. The van der Waals surface area contributed by atoms with Crippen LogP contribution in [0.25, 0.3) is 0 Å². The van der Waals surface area contributed by atoms with Gasteiger partial charge in [0.1, 0.15) is 5.00 Å². The van der Waals surface area contributed by atoms with Crippen molar-refractivity contribution in [3.05, 3.63) is 45.8 Å². The zero-order valence-electron chi connectivity index (χ0n) is 16.0. The van der Waals surface area contributed by atoms with E-state index < -0.39 is 24.5 Å². The maximum absolute atomic E-state index is 12.3. The van der Waals surface area contributed by atoms with E-state index in [4.69, 9.17) is 9.47 Å². The molecule has 152 valence electrons. The molecule has 0 unspecified atom stereocenters. The van der Waals surface area contributed by atoms with Crippen LogP contribution in [0.2, 0.25) is 0 Å². The maximum atomic E-state index is 12.3. The standard InChI is InChI=1S/C20H20N2O6S/c1-11(23)21-13-6-3-5-12(9-13)19(25)28-10-16(24)22-18-17(20(26)27-2)14-7-4-8-15(14)29-18/h3,5-6,9H,4,7-8,10H2,1-2H3,(H,21,23)(H,22,24). The second kappa shape index (κ2) is 8.87. The molecule has 1 aromatic heterocycles. The first-order chi connectivity index (χ1) is 13.9. The van der Waals surface area contributed by atoms with Gasteiger partial charge in [-0.1, -0.05) is 6.07 Å². The number of anilines is 2. The van der Waals surface area contributed by atoms with E-state index in [1.54, 1.807) is 12.1 Å². The summed E-state index contributed by atoms with van der Waals surface area (Å²) in [6.45, 7) is 0.852. The van der Waals surface area contributed by atoms with E-state index in [-0.39, 0.29) is 11.5 Å². The van der Waals surface area contributed by atoms with E-state index in [9.17, 15) is 19.2 Å². The number of fused-ring (bicyclic) bond motifs is 1. The first-order valence-electron chi connectivity index (χ1n) is 8.96. The molecular formula is C20H20N2O6S. The normalized spacial score (nSPS) is 12.1. The molecular weight excluding hydrogens is 396 g/mol. The molecule has 0 bridgehead atoms. The number of hydrogen-bond acceptors (Lipinski definition) is 7. The largest absolute Gasteiger partial charge is 0.465 e. The van der Waals surface area contributed by atoms with Gasteiger partial charge in [-0.2, -0.15) is 0 Å². The number of methoxy groups -OCH3 is 1. The molecule has 29 heavy (non-hydrogen) atoms. The number of amides is 2. The Hall–Kier alpha value is -3.20. The van der Waals surface area contributed by atoms with Crippen molar-refractivity contribution in [3.63, 3.8) is 0 Å². The van der Waals surface area contributed by atoms with Crippen LogP contribution < -0.4 is 10.6 Å². The number of benzene rings is 1. The number of thiophene rings is 1. The van der Waals surface area contributed by atoms with Crippen LogP contribution in [0.5, 0.6) is 0 Å². The first kappa shape index (κ1) is 20.5. The fourth-order valence-electron chi connectivity index (χ4n) is 3.11. The molecule has 0 radical (unpaired) electrons. The lowest BCUT2D eigenvalue weighted by Gasteiger charge is -2.08. The van der Waals surface area contributed by atoms with Crippen LogP contribution in [0.15, 0.2) is 24.3 Å². The summed E-state index contributed by atoms with van der Waals surface area (Å²) in [6.07, 6.45) is 2.60. The number of ether oxygens (including phenoxy) is 2. The van der Waals surface area contributed by atoms with Crippen LogP contribution in [-0.4, -0.2) is 37.5 Å². The van der Waals surface area contributed by atoms with Gasteiger partial charge in [0.05, 0.1) is 18.2 Å². The Labute approximate surface area is 171 Å². The summed E-state index contributed by atoms with van der Waals surface area (Å²) < 4.78 is 9.89. The topological polar surface area (TPSA) is 111 Å². The summed E-state index contributed by atoms with van der Waals surface area (Å²) in [6, 6.07) is 6.21. The Kier molecular flexibility index (Phi) is 6.28. The van der Waals surface area contributed by atoms with Gasteiger partial charge in [0.25, 0.3) is 5.91 Å². The van der Waals surface area contributed by atoms with Crippen molar-refractivity contribution in [1.29, 1.82) is 0 Å². The van der Waals surface area contributed by atoms with Gasteiger partial charge >= 0.3 is 11.9 Å². The second-order valence-electron chi connectivity index (χ2n) is 6.44. The van der Waals surface area contributed by atoms with Gasteiger partial charge in [0, 0.05) is 17.5 Å². The highest BCUT2D eigenvalue weighted by Gasteiger charge is 2.28. The molecule has 8 nitrogen and oxygen atoms in total. The molecule has 3 rings (SSSR count). The maximum Gasteiger partial charge on any atom is 0.341 e. The summed E-state index contributed by atoms with van der Waals surface area (Å²) in [5.74, 6) is -2.01. The van der Waals surface area contributed by atoms with Gasteiger partial charge in [-0.25, -0.2) is 9.59 Å². The summed E-state index contributed by atoms with van der Waals surface area (Å²) in [5, 5.41) is 5.63. The molecule has 1 heterocycles. The summed E-state index contributed by atoms with van der Waals surface area (Å²) in [5.41, 5.74) is 1.96. The fraction of sp³-hybridized carbons (Fsp3) is 0.300. The number of rotatable bonds is 6. The van der Waals surface area contributed by atoms with Gasteiger partial charge in [-0.15, -0.1) is 11.3 Å². The molecule has 0 saturated heterocycles. The van der Waals surface area contributed by atoms with Crippen molar-refractivity contribution in [1.82, 2.24) is 0 Å². The van der Waals surface area contributed by atoms with Crippen molar-refractivity contribution in [2.45, 2.75) is 26.2 Å². The highest BCUT2D eigenvalue weighted by atomic mass is 32.1. The van der Waals surface area contributed by atoms with Crippen molar-refractivity contribution in [3.8, 4) is 0 Å². The lowest BCUT2D eigenvalue weighted by atomic mass is 10.1. The Morgan fingerprint density at radius 2 is 1.90 bits per heavy atom. The minimum absolute atomic E-state index is 0.203. The van der Waals surface area contributed by atoms with Crippen molar-refractivity contribution >= 4 is 45.8 Å². The van der Waals surface area contributed by atoms with Gasteiger partial charge < -0.3 is 20.1 Å². The zero-order chi connectivity index (χ0) is 21.0. The molecule has 0 aliphatic heterocycles. The number of hydrogen-bond donors (Lipinski definition) is 2. The third kappa shape index (κ3) is 4.80. The van der Waals surface area contributed by atoms with Crippen molar-refractivity contribution in [2.24, 2.45) is 0 Å². The Morgan fingerprint density at radius 3 is 2.62 bits per heavy atom. The fourth-order valence-corrected chi connectivity index (χ4v) is 4.41. The first-order valence-corrected chi connectivity index (χ1v) is 9.78. The number of nitrogens with one attached hydrogen (secondary N) is 2. The van der Waals surface area contributed by atoms with Crippen LogP contribution >= 0.6 is 11.3 Å². The average Bonchev–Trinajstić information content (AvgIpc) is 3.26. The number of carbonyl (C=O) groups excluding carboxylic acids is 4. The summed E-state index contributed by atoms with van der Waals surface area (Å²) >= 11 is 1.35. The molecule has 2 aromatic rings. The number of esters is 2. The average molecular weight is 416 g/mol. The predicted octanol–water partition coefficient (Wildman–Crippen LogP) is 2.78. The third-order valence-corrected chi connectivity index (χ3v) is 5.52. The Balaban J connectivity index is 1.63. The van der Waals surface area contributed by atoms with Crippen LogP contribution in [0.4, 0.5) is 10.7 Å². The Bertz CT molecular complexity index is 981. The number of carbonyl (C=O) groups is 4. The van der Waals surface area contributed by atoms with Crippen LogP contribution in [0.3, 0.4) is 0 Å². The molecule has 1 aliphatic carbocycles. The smallest absolute Gasteiger partial charge is 0.341 e. The van der Waals surface area contributed by atoms with Crippen molar-refractivity contribution in [2.75, 3.05) is 24.4 Å². The highest BCUT2D eigenvalue weighted by molar-refractivity contribution is 7.17. The minimum atomic E-state index is -0.700. The van der Waals surface area contributed by atoms with Gasteiger partial charge in [-0.3, -0.25) is 9.59 Å². The van der Waals surface area contributed by atoms with E-state index in [2.05, 4.69) is 10.6 Å². The lowest BCUT2D eigenvalue weighted by Crippen LogP contribution is -2.21. The molecule has 9 heteroatoms. The van der Waals surface area contributed by atoms with E-state index >= 15 is 0 Å².